The van der Waals surface area contributed by atoms with Gasteiger partial charge in [-0.1, -0.05) is 35.9 Å². The van der Waals surface area contributed by atoms with E-state index in [4.69, 9.17) is 11.6 Å². The predicted molar refractivity (Wildman–Crippen MR) is 123 cm³/mol. The van der Waals surface area contributed by atoms with E-state index in [9.17, 15) is 14.4 Å². The number of likely N-dealkylation sites (tertiary alicyclic amines) is 2. The quantitative estimate of drug-likeness (QED) is 0.729. The Labute approximate surface area is 195 Å². The molecule has 1 aromatic carbocycles. The standard InChI is InChI=1S/C22H26ClN5O3S/c1-14-5-9-27(10-6-14)21(30)15-7-11-28(12-8-15)22(31)20-26-25-19(32-20)18(29)24-17-4-2-3-16(23)13-17/h2-4,13-15H,5-12H2,1H3,(H,24,29). The number of hydrogen-bond acceptors (Lipinski definition) is 6. The highest BCUT2D eigenvalue weighted by Crippen LogP contribution is 2.25. The summed E-state index contributed by atoms with van der Waals surface area (Å²) in [4.78, 5) is 41.7. The van der Waals surface area contributed by atoms with Crippen LogP contribution in [-0.4, -0.2) is 63.9 Å². The molecule has 170 valence electrons. The van der Waals surface area contributed by atoms with Crippen LogP contribution < -0.4 is 5.32 Å². The van der Waals surface area contributed by atoms with Gasteiger partial charge < -0.3 is 15.1 Å². The van der Waals surface area contributed by atoms with Gasteiger partial charge in [-0.2, -0.15) is 0 Å². The molecule has 0 spiro atoms. The number of benzene rings is 1. The summed E-state index contributed by atoms with van der Waals surface area (Å²) in [6.45, 7) is 4.91. The Balaban J connectivity index is 1.30. The number of anilines is 1. The van der Waals surface area contributed by atoms with Crippen molar-refractivity contribution in [3.05, 3.63) is 39.3 Å². The minimum atomic E-state index is -0.441. The third-order valence-corrected chi connectivity index (χ3v) is 7.26. The highest BCUT2D eigenvalue weighted by atomic mass is 35.5. The molecular formula is C22H26ClN5O3S. The summed E-state index contributed by atoms with van der Waals surface area (Å²) >= 11 is 6.90. The van der Waals surface area contributed by atoms with E-state index in [-0.39, 0.29) is 27.7 Å². The van der Waals surface area contributed by atoms with E-state index in [0.29, 0.717) is 42.6 Å². The maximum Gasteiger partial charge on any atom is 0.286 e. The van der Waals surface area contributed by atoms with Gasteiger partial charge in [0.15, 0.2) is 0 Å². The minimum absolute atomic E-state index is 0.0269. The number of carbonyl (C=O) groups excluding carboxylic acids is 3. The average Bonchev–Trinajstić information content (AvgIpc) is 3.29. The van der Waals surface area contributed by atoms with E-state index in [2.05, 4.69) is 22.4 Å². The Bertz CT molecular complexity index is 997. The second-order valence-corrected chi connectivity index (χ2v) is 9.87. The fraction of sp³-hybridized carbons (Fsp3) is 0.500. The van der Waals surface area contributed by atoms with Crippen LogP contribution in [0.4, 0.5) is 5.69 Å². The number of nitrogens with zero attached hydrogens (tertiary/aromatic N) is 4. The zero-order valence-corrected chi connectivity index (χ0v) is 19.5. The molecule has 0 atom stereocenters. The highest BCUT2D eigenvalue weighted by molar-refractivity contribution is 7.15. The summed E-state index contributed by atoms with van der Waals surface area (Å²) < 4.78 is 0. The van der Waals surface area contributed by atoms with Gasteiger partial charge in [-0.05, 0) is 49.8 Å². The van der Waals surface area contributed by atoms with Crippen LogP contribution in [-0.2, 0) is 4.79 Å². The lowest BCUT2D eigenvalue weighted by Crippen LogP contribution is -2.46. The van der Waals surface area contributed by atoms with Crippen molar-refractivity contribution in [3.8, 4) is 0 Å². The second kappa shape index (κ2) is 9.95. The summed E-state index contributed by atoms with van der Waals surface area (Å²) in [5, 5.41) is 11.3. The summed E-state index contributed by atoms with van der Waals surface area (Å²) in [7, 11) is 0. The fourth-order valence-electron chi connectivity index (χ4n) is 4.10. The number of carbonyl (C=O) groups is 3. The van der Waals surface area contributed by atoms with Gasteiger partial charge in [-0.25, -0.2) is 0 Å². The van der Waals surface area contributed by atoms with Crippen LogP contribution in [0.2, 0.25) is 5.02 Å². The molecule has 2 aromatic rings. The second-order valence-electron chi connectivity index (χ2n) is 8.45. The van der Waals surface area contributed by atoms with Crippen molar-refractivity contribution in [1.82, 2.24) is 20.0 Å². The Morgan fingerprint density at radius 1 is 1.00 bits per heavy atom. The van der Waals surface area contributed by atoms with Gasteiger partial charge in [0.1, 0.15) is 0 Å². The summed E-state index contributed by atoms with van der Waals surface area (Å²) in [6, 6.07) is 6.78. The van der Waals surface area contributed by atoms with Gasteiger partial charge >= 0.3 is 0 Å². The smallest absolute Gasteiger partial charge is 0.286 e. The molecule has 3 heterocycles. The van der Waals surface area contributed by atoms with E-state index in [1.807, 2.05) is 4.90 Å². The molecule has 10 heteroatoms. The Kier molecular flexibility index (Phi) is 7.05. The average molecular weight is 476 g/mol. The van der Waals surface area contributed by atoms with E-state index in [1.165, 1.54) is 0 Å². The molecule has 3 amide bonds. The lowest BCUT2D eigenvalue weighted by Gasteiger charge is -2.36. The lowest BCUT2D eigenvalue weighted by molar-refractivity contribution is -0.138. The molecule has 2 saturated heterocycles. The van der Waals surface area contributed by atoms with Crippen molar-refractivity contribution in [2.24, 2.45) is 11.8 Å². The molecule has 2 aliphatic heterocycles. The Morgan fingerprint density at radius 3 is 2.34 bits per heavy atom. The van der Waals surface area contributed by atoms with Crippen molar-refractivity contribution in [2.75, 3.05) is 31.5 Å². The van der Waals surface area contributed by atoms with Gasteiger partial charge in [0, 0.05) is 42.8 Å². The summed E-state index contributed by atoms with van der Waals surface area (Å²) in [5.74, 6) is 0.190. The van der Waals surface area contributed by atoms with Crippen LogP contribution >= 0.6 is 22.9 Å². The van der Waals surface area contributed by atoms with Crippen molar-refractivity contribution in [1.29, 1.82) is 0 Å². The van der Waals surface area contributed by atoms with E-state index in [0.717, 1.165) is 37.3 Å². The molecule has 32 heavy (non-hydrogen) atoms. The van der Waals surface area contributed by atoms with Gasteiger partial charge in [-0.15, -0.1) is 10.2 Å². The van der Waals surface area contributed by atoms with E-state index < -0.39 is 5.91 Å². The fourth-order valence-corrected chi connectivity index (χ4v) is 5.00. The molecule has 2 fully saturated rings. The first kappa shape index (κ1) is 22.7. The summed E-state index contributed by atoms with van der Waals surface area (Å²) in [6.07, 6.45) is 3.43. The van der Waals surface area contributed by atoms with Crippen LogP contribution in [0.15, 0.2) is 24.3 Å². The molecule has 2 aliphatic rings. The van der Waals surface area contributed by atoms with Gasteiger partial charge in [-0.3, -0.25) is 14.4 Å². The Hall–Kier alpha value is -2.52. The van der Waals surface area contributed by atoms with Crippen LogP contribution in [0.25, 0.3) is 0 Å². The van der Waals surface area contributed by atoms with Crippen LogP contribution in [0.3, 0.4) is 0 Å². The molecular weight excluding hydrogens is 450 g/mol. The first-order chi connectivity index (χ1) is 15.4. The maximum atomic E-state index is 12.8. The number of halogens is 1. The maximum absolute atomic E-state index is 12.8. The number of aromatic nitrogens is 2. The van der Waals surface area contributed by atoms with Crippen LogP contribution in [0.1, 0.15) is 52.2 Å². The van der Waals surface area contributed by atoms with Crippen LogP contribution in [0.5, 0.6) is 0 Å². The molecule has 4 rings (SSSR count). The van der Waals surface area contributed by atoms with Gasteiger partial charge in [0.25, 0.3) is 11.8 Å². The minimum Gasteiger partial charge on any atom is -0.342 e. The molecule has 1 aromatic heterocycles. The van der Waals surface area contributed by atoms with Gasteiger partial charge in [0.05, 0.1) is 0 Å². The zero-order chi connectivity index (χ0) is 22.7. The number of piperidine rings is 2. The predicted octanol–water partition coefficient (Wildman–Crippen LogP) is 3.55. The highest BCUT2D eigenvalue weighted by Gasteiger charge is 2.32. The van der Waals surface area contributed by atoms with E-state index in [1.54, 1.807) is 29.2 Å². The normalized spacial score (nSPS) is 17.9. The molecule has 0 unspecified atom stereocenters. The molecule has 0 radical (unpaired) electrons. The van der Waals surface area contributed by atoms with Crippen molar-refractivity contribution < 1.29 is 14.4 Å². The third-order valence-electron chi connectivity index (χ3n) is 6.11. The molecule has 0 bridgehead atoms. The van der Waals surface area contributed by atoms with Crippen LogP contribution in [0, 0.1) is 11.8 Å². The van der Waals surface area contributed by atoms with Gasteiger partial charge in [0.2, 0.25) is 15.9 Å². The number of rotatable bonds is 4. The SMILES string of the molecule is CC1CCN(C(=O)C2CCN(C(=O)c3nnc(C(=O)Nc4cccc(Cl)c4)s3)CC2)CC1. The van der Waals surface area contributed by atoms with E-state index >= 15 is 0 Å². The van der Waals surface area contributed by atoms with Crippen molar-refractivity contribution >= 4 is 46.3 Å². The molecule has 8 nitrogen and oxygen atoms in total. The molecule has 0 saturated carbocycles. The topological polar surface area (TPSA) is 95.5 Å². The zero-order valence-electron chi connectivity index (χ0n) is 17.9. The molecule has 1 N–H and O–H groups in total. The monoisotopic (exact) mass is 475 g/mol. The lowest BCUT2D eigenvalue weighted by atomic mass is 9.92. The number of nitrogens with one attached hydrogen (secondary N) is 1. The summed E-state index contributed by atoms with van der Waals surface area (Å²) in [5.41, 5.74) is 0.542. The largest absolute Gasteiger partial charge is 0.342 e. The van der Waals surface area contributed by atoms with Crippen molar-refractivity contribution in [2.45, 2.75) is 32.6 Å². The first-order valence-corrected chi connectivity index (χ1v) is 12.1. The molecule has 0 aliphatic carbocycles. The number of hydrogen-bond donors (Lipinski definition) is 1. The third kappa shape index (κ3) is 5.27. The number of amides is 3. The Morgan fingerprint density at radius 2 is 1.66 bits per heavy atom. The first-order valence-electron chi connectivity index (χ1n) is 10.9. The van der Waals surface area contributed by atoms with Crippen molar-refractivity contribution in [3.63, 3.8) is 0 Å².